The molecule has 1 aliphatic carbocycles. The van der Waals surface area contributed by atoms with E-state index in [1.807, 2.05) is 38.1 Å². The molecular weight excluding hydrogens is 224 g/mol. The Morgan fingerprint density at radius 3 is 2.50 bits per heavy atom. The zero-order valence-corrected chi connectivity index (χ0v) is 11.1. The van der Waals surface area contributed by atoms with E-state index < -0.39 is 0 Å². The highest BCUT2D eigenvalue weighted by molar-refractivity contribution is 5.46. The molecule has 0 amide bonds. The van der Waals surface area contributed by atoms with Crippen molar-refractivity contribution in [1.82, 2.24) is 0 Å². The van der Waals surface area contributed by atoms with E-state index in [1.54, 1.807) is 0 Å². The van der Waals surface area contributed by atoms with E-state index in [2.05, 4.69) is 11.4 Å². The SMILES string of the molecule is CC(C)Oc1ccc(NCC2(CC#N)CC2)cc1. The molecule has 0 radical (unpaired) electrons. The van der Waals surface area contributed by atoms with Gasteiger partial charge in [-0.3, -0.25) is 0 Å². The molecule has 1 saturated carbocycles. The van der Waals surface area contributed by atoms with Crippen LogP contribution in [-0.2, 0) is 0 Å². The number of anilines is 1. The second-order valence-electron chi connectivity index (χ2n) is 5.38. The fraction of sp³-hybridized carbons (Fsp3) is 0.533. The summed E-state index contributed by atoms with van der Waals surface area (Å²) >= 11 is 0. The van der Waals surface area contributed by atoms with Crippen LogP contribution in [0.3, 0.4) is 0 Å². The summed E-state index contributed by atoms with van der Waals surface area (Å²) in [6.07, 6.45) is 3.20. The first kappa shape index (κ1) is 12.8. The van der Waals surface area contributed by atoms with Crippen LogP contribution < -0.4 is 10.1 Å². The molecular formula is C15H20N2O. The first-order chi connectivity index (χ1) is 8.63. The number of nitrogens with one attached hydrogen (secondary N) is 1. The van der Waals surface area contributed by atoms with Gasteiger partial charge in [0.1, 0.15) is 5.75 Å². The zero-order valence-electron chi connectivity index (χ0n) is 11.1. The summed E-state index contributed by atoms with van der Waals surface area (Å²) < 4.78 is 5.59. The van der Waals surface area contributed by atoms with Gasteiger partial charge in [0.25, 0.3) is 0 Å². The van der Waals surface area contributed by atoms with Gasteiger partial charge in [-0.05, 0) is 51.0 Å². The number of nitriles is 1. The smallest absolute Gasteiger partial charge is 0.119 e. The molecule has 0 heterocycles. The Morgan fingerprint density at radius 2 is 2.00 bits per heavy atom. The monoisotopic (exact) mass is 244 g/mol. The molecule has 1 fully saturated rings. The minimum atomic E-state index is 0.203. The lowest BCUT2D eigenvalue weighted by Crippen LogP contribution is -2.14. The van der Waals surface area contributed by atoms with Crippen LogP contribution in [-0.4, -0.2) is 12.6 Å². The first-order valence-corrected chi connectivity index (χ1v) is 6.51. The highest BCUT2D eigenvalue weighted by Gasteiger charge is 2.42. The van der Waals surface area contributed by atoms with Crippen LogP contribution in [0.5, 0.6) is 5.75 Å². The molecule has 0 unspecified atom stereocenters. The average Bonchev–Trinajstić information content (AvgIpc) is 3.09. The minimum Gasteiger partial charge on any atom is -0.491 e. The van der Waals surface area contributed by atoms with Crippen molar-refractivity contribution in [2.75, 3.05) is 11.9 Å². The summed E-state index contributed by atoms with van der Waals surface area (Å²) in [7, 11) is 0. The Labute approximate surface area is 109 Å². The largest absolute Gasteiger partial charge is 0.491 e. The van der Waals surface area contributed by atoms with Crippen LogP contribution in [0.4, 0.5) is 5.69 Å². The number of hydrogen-bond donors (Lipinski definition) is 1. The van der Waals surface area contributed by atoms with Gasteiger partial charge in [0.2, 0.25) is 0 Å². The maximum atomic E-state index is 8.77. The number of benzene rings is 1. The van der Waals surface area contributed by atoms with Gasteiger partial charge in [-0.2, -0.15) is 5.26 Å². The van der Waals surface area contributed by atoms with E-state index in [1.165, 1.54) is 12.8 Å². The topological polar surface area (TPSA) is 45.0 Å². The Hall–Kier alpha value is -1.69. The summed E-state index contributed by atoms with van der Waals surface area (Å²) in [5, 5.41) is 12.2. The van der Waals surface area contributed by atoms with E-state index >= 15 is 0 Å². The lowest BCUT2D eigenvalue weighted by molar-refractivity contribution is 0.242. The van der Waals surface area contributed by atoms with Gasteiger partial charge in [-0.1, -0.05) is 0 Å². The molecule has 0 spiro atoms. The molecule has 3 heteroatoms. The van der Waals surface area contributed by atoms with Crippen molar-refractivity contribution in [2.24, 2.45) is 5.41 Å². The van der Waals surface area contributed by atoms with Crippen LogP contribution >= 0.6 is 0 Å². The van der Waals surface area contributed by atoms with Gasteiger partial charge in [0.05, 0.1) is 12.2 Å². The fourth-order valence-corrected chi connectivity index (χ4v) is 1.97. The van der Waals surface area contributed by atoms with Crippen LogP contribution in [0.25, 0.3) is 0 Å². The molecule has 1 aromatic carbocycles. The van der Waals surface area contributed by atoms with Crippen LogP contribution in [0.1, 0.15) is 33.1 Å². The predicted molar refractivity (Wildman–Crippen MR) is 72.6 cm³/mol. The number of hydrogen-bond acceptors (Lipinski definition) is 3. The van der Waals surface area contributed by atoms with E-state index in [9.17, 15) is 0 Å². The highest BCUT2D eigenvalue weighted by Crippen LogP contribution is 2.48. The standard InChI is InChI=1S/C15H20N2O/c1-12(2)18-14-5-3-13(4-6-14)17-11-15(7-8-15)9-10-16/h3-6,12,17H,7-9,11H2,1-2H3. The van der Waals surface area contributed by atoms with Crippen LogP contribution in [0, 0.1) is 16.7 Å². The molecule has 0 aliphatic heterocycles. The lowest BCUT2D eigenvalue weighted by atomic mass is 10.0. The second kappa shape index (κ2) is 5.30. The normalized spacial score (nSPS) is 16.1. The molecule has 1 N–H and O–H groups in total. The third-order valence-electron chi connectivity index (χ3n) is 3.30. The molecule has 96 valence electrons. The van der Waals surface area contributed by atoms with Gasteiger partial charge >= 0.3 is 0 Å². The molecule has 1 aliphatic rings. The predicted octanol–water partition coefficient (Wildman–Crippen LogP) is 3.58. The highest BCUT2D eigenvalue weighted by atomic mass is 16.5. The van der Waals surface area contributed by atoms with Crippen molar-refractivity contribution in [2.45, 2.75) is 39.2 Å². The molecule has 0 saturated heterocycles. The summed E-state index contributed by atoms with van der Waals surface area (Å²) in [5.74, 6) is 0.897. The summed E-state index contributed by atoms with van der Waals surface area (Å²) in [6, 6.07) is 10.3. The first-order valence-electron chi connectivity index (χ1n) is 6.51. The van der Waals surface area contributed by atoms with E-state index in [-0.39, 0.29) is 11.5 Å². The molecule has 18 heavy (non-hydrogen) atoms. The van der Waals surface area contributed by atoms with Crippen molar-refractivity contribution in [3.63, 3.8) is 0 Å². The number of rotatable bonds is 6. The van der Waals surface area contributed by atoms with Gasteiger partial charge in [0, 0.05) is 24.1 Å². The lowest BCUT2D eigenvalue weighted by Gasteiger charge is -2.14. The van der Waals surface area contributed by atoms with Crippen molar-refractivity contribution in [1.29, 1.82) is 5.26 Å². The molecule has 3 nitrogen and oxygen atoms in total. The van der Waals surface area contributed by atoms with E-state index in [0.717, 1.165) is 18.0 Å². The summed E-state index contributed by atoms with van der Waals surface area (Å²) in [4.78, 5) is 0. The maximum Gasteiger partial charge on any atom is 0.119 e. The van der Waals surface area contributed by atoms with Gasteiger partial charge in [-0.25, -0.2) is 0 Å². The van der Waals surface area contributed by atoms with Crippen LogP contribution in [0.2, 0.25) is 0 Å². The quantitative estimate of drug-likeness (QED) is 0.832. The van der Waals surface area contributed by atoms with Crippen molar-refractivity contribution >= 4 is 5.69 Å². The molecule has 0 atom stereocenters. The molecule has 0 bridgehead atoms. The second-order valence-corrected chi connectivity index (χ2v) is 5.38. The molecule has 2 rings (SSSR count). The van der Waals surface area contributed by atoms with E-state index in [4.69, 9.17) is 10.00 Å². The van der Waals surface area contributed by atoms with Crippen LogP contribution in [0.15, 0.2) is 24.3 Å². The Kier molecular flexibility index (Phi) is 3.76. The molecule has 0 aromatic heterocycles. The van der Waals surface area contributed by atoms with Crippen molar-refractivity contribution in [3.05, 3.63) is 24.3 Å². The van der Waals surface area contributed by atoms with Gasteiger partial charge in [0.15, 0.2) is 0 Å². The average molecular weight is 244 g/mol. The maximum absolute atomic E-state index is 8.77. The van der Waals surface area contributed by atoms with E-state index in [0.29, 0.717) is 6.42 Å². The summed E-state index contributed by atoms with van der Waals surface area (Å²) in [5.41, 5.74) is 1.33. The van der Waals surface area contributed by atoms with Crippen molar-refractivity contribution in [3.8, 4) is 11.8 Å². The van der Waals surface area contributed by atoms with Crippen molar-refractivity contribution < 1.29 is 4.74 Å². The Balaban J connectivity index is 1.85. The number of ether oxygens (including phenoxy) is 1. The molecule has 1 aromatic rings. The number of nitrogens with zero attached hydrogens (tertiary/aromatic N) is 1. The van der Waals surface area contributed by atoms with Gasteiger partial charge < -0.3 is 10.1 Å². The third-order valence-corrected chi connectivity index (χ3v) is 3.30. The minimum absolute atomic E-state index is 0.203. The summed E-state index contributed by atoms with van der Waals surface area (Å²) in [6.45, 7) is 4.93. The third kappa shape index (κ3) is 3.40. The zero-order chi connectivity index (χ0) is 13.0. The Morgan fingerprint density at radius 1 is 1.33 bits per heavy atom. The fourth-order valence-electron chi connectivity index (χ4n) is 1.97. The Bertz CT molecular complexity index is 427. The van der Waals surface area contributed by atoms with Gasteiger partial charge in [-0.15, -0.1) is 0 Å².